The Kier molecular flexibility index (Phi) is 46.9. The number of carbonyl (C=O) groups is 3. The van der Waals surface area contributed by atoms with Gasteiger partial charge in [0.15, 0.2) is 6.10 Å². The molecule has 0 aromatic heterocycles. The Morgan fingerprint density at radius 3 is 1.05 bits per heavy atom. The van der Waals surface area contributed by atoms with Crippen LogP contribution in [-0.4, -0.2) is 37.2 Å². The van der Waals surface area contributed by atoms with Gasteiger partial charge in [0, 0.05) is 19.3 Å². The fourth-order valence-electron chi connectivity index (χ4n) is 6.83. The molecule has 0 radical (unpaired) electrons. The average molecular weight is 851 g/mol. The summed E-state index contributed by atoms with van der Waals surface area (Å²) in [6, 6.07) is 0. The van der Waals surface area contributed by atoms with Crippen LogP contribution in [0.25, 0.3) is 0 Å². The minimum atomic E-state index is -0.793. The van der Waals surface area contributed by atoms with Crippen LogP contribution in [0.2, 0.25) is 0 Å². The predicted octanol–water partition coefficient (Wildman–Crippen LogP) is 16.6. The van der Waals surface area contributed by atoms with Crippen LogP contribution in [-0.2, 0) is 28.6 Å². The number of allylic oxidation sites excluding steroid dienone is 12. The Bertz CT molecular complexity index is 1160. The smallest absolute Gasteiger partial charge is 0.306 e. The maximum atomic E-state index is 12.8. The first-order valence-corrected chi connectivity index (χ1v) is 25.5. The van der Waals surface area contributed by atoms with Crippen LogP contribution in [0.15, 0.2) is 72.9 Å². The van der Waals surface area contributed by atoms with Gasteiger partial charge in [-0.05, 0) is 89.9 Å². The predicted molar refractivity (Wildman–Crippen MR) is 261 cm³/mol. The molecular formula is C55H94O6. The summed E-state index contributed by atoms with van der Waals surface area (Å²) in [4.78, 5) is 37.9. The zero-order valence-electron chi connectivity index (χ0n) is 39.9. The van der Waals surface area contributed by atoms with Crippen molar-refractivity contribution in [2.75, 3.05) is 13.2 Å². The standard InChI is InChI=1S/C55H94O6/c1-4-7-10-13-16-19-22-24-26-27-28-30-31-33-36-39-42-45-48-54(57)60-51-52(50-59-53(56)47-44-41-38-35-21-18-15-12-9-6-3)61-55(58)49-46-43-40-37-34-32-29-25-23-20-17-14-11-8-5-2/h15,17-18,20,22-28,30,52H,4-14,16,19,21,29,31-51H2,1-3H3/b18-15-,20-17-,24-22-,25-23-,27-26-,30-28-. The molecule has 0 saturated carbocycles. The lowest BCUT2D eigenvalue weighted by atomic mass is 10.1. The normalized spacial score (nSPS) is 12.6. The second kappa shape index (κ2) is 49.5. The number of carbonyl (C=O) groups excluding carboxylic acids is 3. The first-order chi connectivity index (χ1) is 30.0. The fraction of sp³-hybridized carbons (Fsp3) is 0.727. The third kappa shape index (κ3) is 47.7. The van der Waals surface area contributed by atoms with Crippen molar-refractivity contribution in [2.45, 2.75) is 245 Å². The molecule has 0 spiro atoms. The molecule has 0 aliphatic carbocycles. The van der Waals surface area contributed by atoms with Crippen molar-refractivity contribution in [3.05, 3.63) is 72.9 Å². The van der Waals surface area contributed by atoms with E-state index in [2.05, 4.69) is 93.7 Å². The summed E-state index contributed by atoms with van der Waals surface area (Å²) in [5.74, 6) is -0.939. The van der Waals surface area contributed by atoms with E-state index in [1.165, 1.54) is 83.5 Å². The fourth-order valence-corrected chi connectivity index (χ4v) is 6.83. The quantitative estimate of drug-likeness (QED) is 0.0200. The van der Waals surface area contributed by atoms with Gasteiger partial charge in [-0.25, -0.2) is 0 Å². The van der Waals surface area contributed by atoms with E-state index < -0.39 is 6.10 Å². The topological polar surface area (TPSA) is 78.9 Å². The van der Waals surface area contributed by atoms with Crippen LogP contribution in [0, 0.1) is 0 Å². The van der Waals surface area contributed by atoms with E-state index in [0.717, 1.165) is 116 Å². The highest BCUT2D eigenvalue weighted by Crippen LogP contribution is 2.13. The van der Waals surface area contributed by atoms with E-state index >= 15 is 0 Å². The SMILES string of the molecule is CCCC/C=C\CCCCCCC(=O)OCC(COC(=O)CCCCCCC\C=C/C=C\C=C/CCCCCCC)OC(=O)CCCCCCCC/C=C\C=C/CCCCC. The molecule has 350 valence electrons. The summed E-state index contributed by atoms with van der Waals surface area (Å²) in [5.41, 5.74) is 0. The highest BCUT2D eigenvalue weighted by Gasteiger charge is 2.19. The molecule has 61 heavy (non-hydrogen) atoms. The first-order valence-electron chi connectivity index (χ1n) is 25.5. The Hall–Kier alpha value is -3.15. The van der Waals surface area contributed by atoms with Gasteiger partial charge in [0.25, 0.3) is 0 Å². The Morgan fingerprint density at radius 2 is 0.623 bits per heavy atom. The highest BCUT2D eigenvalue weighted by molar-refractivity contribution is 5.71. The largest absolute Gasteiger partial charge is 0.462 e. The maximum Gasteiger partial charge on any atom is 0.306 e. The van der Waals surface area contributed by atoms with E-state index in [1.54, 1.807) is 0 Å². The number of hydrogen-bond acceptors (Lipinski definition) is 6. The minimum absolute atomic E-state index is 0.0936. The molecule has 1 unspecified atom stereocenters. The number of rotatable bonds is 45. The van der Waals surface area contributed by atoms with Crippen LogP contribution >= 0.6 is 0 Å². The molecule has 0 N–H and O–H groups in total. The van der Waals surface area contributed by atoms with Crippen molar-refractivity contribution in [2.24, 2.45) is 0 Å². The molecule has 0 amide bonds. The summed E-state index contributed by atoms with van der Waals surface area (Å²) >= 11 is 0. The molecule has 0 rings (SSSR count). The second-order valence-corrected chi connectivity index (χ2v) is 16.8. The lowest BCUT2D eigenvalue weighted by Gasteiger charge is -2.18. The van der Waals surface area contributed by atoms with E-state index in [4.69, 9.17) is 14.2 Å². The molecule has 0 aliphatic rings. The van der Waals surface area contributed by atoms with Crippen molar-refractivity contribution in [1.82, 2.24) is 0 Å². The Balaban J connectivity index is 4.42. The Morgan fingerprint density at radius 1 is 0.328 bits per heavy atom. The van der Waals surface area contributed by atoms with Crippen LogP contribution in [0.3, 0.4) is 0 Å². The van der Waals surface area contributed by atoms with Crippen molar-refractivity contribution >= 4 is 17.9 Å². The summed E-state index contributed by atoms with van der Waals surface area (Å²) < 4.78 is 16.7. The average Bonchev–Trinajstić information content (AvgIpc) is 3.26. The zero-order chi connectivity index (χ0) is 44.4. The van der Waals surface area contributed by atoms with Gasteiger partial charge in [-0.3, -0.25) is 14.4 Å². The maximum absolute atomic E-state index is 12.8. The lowest BCUT2D eigenvalue weighted by molar-refractivity contribution is -0.167. The monoisotopic (exact) mass is 851 g/mol. The van der Waals surface area contributed by atoms with Crippen molar-refractivity contribution in [3.63, 3.8) is 0 Å². The molecule has 6 heteroatoms. The molecule has 0 aromatic rings. The van der Waals surface area contributed by atoms with Crippen LogP contribution in [0.1, 0.15) is 239 Å². The van der Waals surface area contributed by atoms with Gasteiger partial charge in [0.2, 0.25) is 0 Å². The van der Waals surface area contributed by atoms with Crippen molar-refractivity contribution < 1.29 is 28.6 Å². The van der Waals surface area contributed by atoms with Crippen LogP contribution < -0.4 is 0 Å². The molecule has 0 saturated heterocycles. The summed E-state index contributed by atoms with van der Waals surface area (Å²) in [7, 11) is 0. The van der Waals surface area contributed by atoms with Gasteiger partial charge in [-0.1, -0.05) is 203 Å². The van der Waals surface area contributed by atoms with Gasteiger partial charge < -0.3 is 14.2 Å². The molecule has 0 aliphatic heterocycles. The van der Waals surface area contributed by atoms with Crippen molar-refractivity contribution in [1.29, 1.82) is 0 Å². The van der Waals surface area contributed by atoms with E-state index in [0.29, 0.717) is 19.3 Å². The van der Waals surface area contributed by atoms with Crippen molar-refractivity contribution in [3.8, 4) is 0 Å². The highest BCUT2D eigenvalue weighted by atomic mass is 16.6. The lowest BCUT2D eigenvalue weighted by Crippen LogP contribution is -2.30. The van der Waals surface area contributed by atoms with Crippen LogP contribution in [0.5, 0.6) is 0 Å². The molecule has 0 bridgehead atoms. The summed E-state index contributed by atoms with van der Waals surface area (Å²) in [6.45, 7) is 6.51. The number of ether oxygens (including phenoxy) is 3. The van der Waals surface area contributed by atoms with E-state index in [1.807, 2.05) is 0 Å². The molecule has 0 heterocycles. The second-order valence-electron chi connectivity index (χ2n) is 16.8. The van der Waals surface area contributed by atoms with Gasteiger partial charge in [-0.2, -0.15) is 0 Å². The van der Waals surface area contributed by atoms with E-state index in [-0.39, 0.29) is 31.1 Å². The summed E-state index contributed by atoms with van der Waals surface area (Å²) in [6.07, 6.45) is 61.7. The van der Waals surface area contributed by atoms with Gasteiger partial charge in [0.05, 0.1) is 0 Å². The van der Waals surface area contributed by atoms with Gasteiger partial charge in [0.1, 0.15) is 13.2 Å². The molecule has 0 fully saturated rings. The molecular weight excluding hydrogens is 757 g/mol. The Labute approximate surface area is 376 Å². The van der Waals surface area contributed by atoms with E-state index in [9.17, 15) is 14.4 Å². The minimum Gasteiger partial charge on any atom is -0.462 e. The zero-order valence-corrected chi connectivity index (χ0v) is 39.9. The van der Waals surface area contributed by atoms with Gasteiger partial charge >= 0.3 is 17.9 Å². The third-order valence-electron chi connectivity index (χ3n) is 10.7. The summed E-state index contributed by atoms with van der Waals surface area (Å²) in [5, 5.41) is 0. The third-order valence-corrected chi connectivity index (χ3v) is 10.7. The van der Waals surface area contributed by atoms with Gasteiger partial charge in [-0.15, -0.1) is 0 Å². The first kappa shape index (κ1) is 57.9. The number of esters is 3. The molecule has 0 aromatic carbocycles. The number of unbranched alkanes of at least 4 members (excludes halogenated alkanes) is 25. The number of hydrogen-bond donors (Lipinski definition) is 0. The molecule has 1 atom stereocenters. The molecule has 6 nitrogen and oxygen atoms in total. The van der Waals surface area contributed by atoms with Crippen LogP contribution in [0.4, 0.5) is 0 Å².